The van der Waals surface area contributed by atoms with E-state index in [0.717, 1.165) is 25.2 Å². The van der Waals surface area contributed by atoms with E-state index in [4.69, 9.17) is 0 Å². The van der Waals surface area contributed by atoms with Crippen molar-refractivity contribution < 1.29 is 9.59 Å². The lowest BCUT2D eigenvalue weighted by Gasteiger charge is -2.20. The molecule has 6 nitrogen and oxygen atoms in total. The number of carbonyl (C=O) groups is 2. The zero-order valence-electron chi connectivity index (χ0n) is 17.8. The van der Waals surface area contributed by atoms with Gasteiger partial charge in [-0.25, -0.2) is 4.79 Å². The molecule has 2 rings (SSSR count). The molecule has 0 aliphatic heterocycles. The van der Waals surface area contributed by atoms with Gasteiger partial charge in [-0.3, -0.25) is 9.69 Å². The van der Waals surface area contributed by atoms with Crippen LogP contribution in [0.4, 0.5) is 10.5 Å². The molecule has 0 atom stereocenters. The van der Waals surface area contributed by atoms with Gasteiger partial charge in [0, 0.05) is 30.4 Å². The Balaban J connectivity index is 1.95. The molecule has 0 fully saturated rings. The normalized spacial score (nSPS) is 10.8. The van der Waals surface area contributed by atoms with Crippen molar-refractivity contribution >= 4 is 17.6 Å². The van der Waals surface area contributed by atoms with Gasteiger partial charge in [0.1, 0.15) is 0 Å². The summed E-state index contributed by atoms with van der Waals surface area (Å²) in [4.78, 5) is 26.6. The molecule has 0 saturated carbocycles. The van der Waals surface area contributed by atoms with Crippen LogP contribution in [-0.2, 0) is 13.1 Å². The predicted octanol–water partition coefficient (Wildman–Crippen LogP) is 3.99. The van der Waals surface area contributed by atoms with Gasteiger partial charge >= 0.3 is 6.03 Å². The van der Waals surface area contributed by atoms with Crippen molar-refractivity contribution in [2.45, 2.75) is 46.8 Å². The summed E-state index contributed by atoms with van der Waals surface area (Å²) in [5.41, 5.74) is 3.55. The van der Waals surface area contributed by atoms with Crippen LogP contribution < -0.4 is 16.0 Å². The fraction of sp³-hybridized carbons (Fsp3) is 0.391. The van der Waals surface area contributed by atoms with Crippen molar-refractivity contribution in [3.05, 3.63) is 65.2 Å². The maximum Gasteiger partial charge on any atom is 0.319 e. The molecule has 3 amide bonds. The fourth-order valence-corrected chi connectivity index (χ4v) is 2.98. The maximum atomic E-state index is 12.5. The molecule has 0 heterocycles. The van der Waals surface area contributed by atoms with Crippen LogP contribution in [0.25, 0.3) is 0 Å². The molecule has 0 radical (unpaired) electrons. The van der Waals surface area contributed by atoms with Gasteiger partial charge in [-0.1, -0.05) is 38.1 Å². The van der Waals surface area contributed by atoms with Crippen molar-refractivity contribution in [2.75, 3.05) is 18.4 Å². The van der Waals surface area contributed by atoms with Crippen LogP contribution in [0, 0.1) is 0 Å². The Morgan fingerprint density at radius 2 is 1.55 bits per heavy atom. The topological polar surface area (TPSA) is 73.5 Å². The number of carbonyl (C=O) groups excluding carboxylic acids is 2. The Hall–Kier alpha value is -2.86. The van der Waals surface area contributed by atoms with E-state index in [2.05, 4.69) is 46.8 Å². The highest BCUT2D eigenvalue weighted by molar-refractivity contribution is 5.95. The lowest BCUT2D eigenvalue weighted by atomic mass is 10.1. The molecule has 0 saturated heterocycles. The summed E-state index contributed by atoms with van der Waals surface area (Å²) in [6.07, 6.45) is 0. The number of urea groups is 1. The molecular formula is C23H32N4O2. The van der Waals surface area contributed by atoms with Crippen molar-refractivity contribution in [2.24, 2.45) is 0 Å². The third-order valence-electron chi connectivity index (χ3n) is 4.67. The van der Waals surface area contributed by atoms with Crippen LogP contribution in [0.5, 0.6) is 0 Å². The summed E-state index contributed by atoms with van der Waals surface area (Å²) in [6.45, 7) is 11.4. The van der Waals surface area contributed by atoms with Crippen LogP contribution in [0.3, 0.4) is 0 Å². The smallest absolute Gasteiger partial charge is 0.319 e. The summed E-state index contributed by atoms with van der Waals surface area (Å²) in [7, 11) is 0. The first-order valence-electron chi connectivity index (χ1n) is 10.2. The van der Waals surface area contributed by atoms with Gasteiger partial charge in [-0.2, -0.15) is 0 Å². The third-order valence-corrected chi connectivity index (χ3v) is 4.67. The van der Waals surface area contributed by atoms with Crippen LogP contribution in [0.1, 0.15) is 49.2 Å². The average Bonchev–Trinajstić information content (AvgIpc) is 2.70. The van der Waals surface area contributed by atoms with Crippen molar-refractivity contribution in [3.63, 3.8) is 0 Å². The maximum absolute atomic E-state index is 12.5. The van der Waals surface area contributed by atoms with Crippen LogP contribution >= 0.6 is 0 Å². The van der Waals surface area contributed by atoms with Crippen LogP contribution in [0.15, 0.2) is 48.5 Å². The molecule has 0 aliphatic rings. The number of benzene rings is 2. The quantitative estimate of drug-likeness (QED) is 0.600. The van der Waals surface area contributed by atoms with E-state index in [0.29, 0.717) is 17.8 Å². The van der Waals surface area contributed by atoms with Gasteiger partial charge in [0.15, 0.2) is 0 Å². The monoisotopic (exact) mass is 396 g/mol. The molecule has 0 unspecified atom stereocenters. The molecule has 6 heteroatoms. The molecule has 0 aromatic heterocycles. The highest BCUT2D eigenvalue weighted by Crippen LogP contribution is 2.13. The molecule has 29 heavy (non-hydrogen) atoms. The summed E-state index contributed by atoms with van der Waals surface area (Å²) in [5.74, 6) is -0.138. The zero-order valence-corrected chi connectivity index (χ0v) is 17.8. The largest absolute Gasteiger partial charge is 0.348 e. The lowest BCUT2D eigenvalue weighted by Crippen LogP contribution is -2.34. The Labute approximate surface area is 173 Å². The fourth-order valence-electron chi connectivity index (χ4n) is 2.98. The second-order valence-corrected chi connectivity index (χ2v) is 7.24. The summed E-state index contributed by atoms with van der Waals surface area (Å²) in [5, 5.41) is 8.50. The molecule has 2 aromatic carbocycles. The van der Waals surface area contributed by atoms with Crippen molar-refractivity contribution in [1.29, 1.82) is 0 Å². The molecule has 0 spiro atoms. The summed E-state index contributed by atoms with van der Waals surface area (Å²) < 4.78 is 0. The van der Waals surface area contributed by atoms with E-state index < -0.39 is 0 Å². The Kier molecular flexibility index (Phi) is 8.68. The number of rotatable bonds is 9. The highest BCUT2D eigenvalue weighted by atomic mass is 16.2. The van der Waals surface area contributed by atoms with E-state index in [1.165, 1.54) is 5.56 Å². The molecule has 2 aromatic rings. The third kappa shape index (κ3) is 7.23. The van der Waals surface area contributed by atoms with Crippen LogP contribution in [-0.4, -0.2) is 36.0 Å². The zero-order chi connectivity index (χ0) is 21.2. The van der Waals surface area contributed by atoms with Gasteiger partial charge < -0.3 is 16.0 Å². The minimum absolute atomic E-state index is 0.0599. The minimum Gasteiger partial charge on any atom is -0.348 e. The van der Waals surface area contributed by atoms with Crippen molar-refractivity contribution in [3.8, 4) is 0 Å². The first-order chi connectivity index (χ1) is 13.9. The highest BCUT2D eigenvalue weighted by Gasteiger charge is 2.10. The number of hydrogen-bond donors (Lipinski definition) is 3. The van der Waals surface area contributed by atoms with E-state index >= 15 is 0 Å². The Morgan fingerprint density at radius 3 is 2.14 bits per heavy atom. The SMILES string of the molecule is CCN(CC)Cc1ccccc1CNC(=O)c1ccc(NC(=O)NC(C)C)cc1. The molecule has 0 aliphatic carbocycles. The molecule has 0 bridgehead atoms. The van der Waals surface area contributed by atoms with Crippen LogP contribution in [0.2, 0.25) is 0 Å². The van der Waals surface area contributed by atoms with E-state index in [1.807, 2.05) is 26.0 Å². The number of hydrogen-bond acceptors (Lipinski definition) is 3. The first kappa shape index (κ1) is 22.4. The Bertz CT molecular complexity index is 799. The number of nitrogens with zero attached hydrogens (tertiary/aromatic N) is 1. The van der Waals surface area contributed by atoms with E-state index in [9.17, 15) is 9.59 Å². The number of amides is 3. The van der Waals surface area contributed by atoms with Crippen molar-refractivity contribution in [1.82, 2.24) is 15.5 Å². The minimum atomic E-state index is -0.262. The van der Waals surface area contributed by atoms with Gasteiger partial charge in [0.2, 0.25) is 0 Å². The van der Waals surface area contributed by atoms with Gasteiger partial charge in [0.05, 0.1) is 0 Å². The second kappa shape index (κ2) is 11.2. The predicted molar refractivity (Wildman–Crippen MR) is 118 cm³/mol. The standard InChI is InChI=1S/C23H32N4O2/c1-5-27(6-2)16-20-10-8-7-9-19(20)15-24-22(28)18-11-13-21(14-12-18)26-23(29)25-17(3)4/h7-14,17H,5-6,15-16H2,1-4H3,(H,24,28)(H2,25,26,29). The molecule has 156 valence electrons. The average molecular weight is 397 g/mol. The number of anilines is 1. The Morgan fingerprint density at radius 1 is 0.931 bits per heavy atom. The second-order valence-electron chi connectivity index (χ2n) is 7.24. The molecular weight excluding hydrogens is 364 g/mol. The van der Waals surface area contributed by atoms with E-state index in [1.54, 1.807) is 24.3 Å². The summed E-state index contributed by atoms with van der Waals surface area (Å²) in [6, 6.07) is 14.9. The first-order valence-corrected chi connectivity index (χ1v) is 10.2. The lowest BCUT2D eigenvalue weighted by molar-refractivity contribution is 0.0950. The van der Waals surface area contributed by atoms with Gasteiger partial charge in [0.25, 0.3) is 5.91 Å². The molecule has 3 N–H and O–H groups in total. The summed E-state index contributed by atoms with van der Waals surface area (Å²) >= 11 is 0. The number of nitrogens with one attached hydrogen (secondary N) is 3. The van der Waals surface area contributed by atoms with Gasteiger partial charge in [-0.15, -0.1) is 0 Å². The van der Waals surface area contributed by atoms with E-state index in [-0.39, 0.29) is 18.0 Å². The van der Waals surface area contributed by atoms with Gasteiger partial charge in [-0.05, 0) is 62.3 Å².